The maximum absolute atomic E-state index is 11.6. The molecule has 118 valence electrons. The summed E-state index contributed by atoms with van der Waals surface area (Å²) in [5.41, 5.74) is 0. The van der Waals surface area contributed by atoms with E-state index in [1.807, 2.05) is 45.0 Å². The lowest BCUT2D eigenvalue weighted by molar-refractivity contribution is -0.143. The third-order valence-corrected chi connectivity index (χ3v) is 2.83. The molecule has 1 atom stereocenters. The summed E-state index contributed by atoms with van der Waals surface area (Å²) < 4.78 is 15.8. The van der Waals surface area contributed by atoms with Crippen LogP contribution in [-0.2, 0) is 9.53 Å². The largest absolute Gasteiger partial charge is 0.494 e. The fraction of sp³-hybridized carbons (Fsp3) is 0.562. The molecule has 0 spiro atoms. The van der Waals surface area contributed by atoms with Gasteiger partial charge >= 0.3 is 5.97 Å². The third kappa shape index (κ3) is 6.49. The molecule has 0 radical (unpaired) electrons. The Kier molecular flexibility index (Phi) is 7.61. The highest BCUT2D eigenvalue weighted by Crippen LogP contribution is 2.17. The zero-order valence-electron chi connectivity index (χ0n) is 13.2. The fourth-order valence-electron chi connectivity index (χ4n) is 1.91. The second-order valence-electron chi connectivity index (χ2n) is 4.94. The molecule has 1 rings (SSSR count). The Morgan fingerprint density at radius 2 is 1.71 bits per heavy atom. The molecule has 5 heteroatoms. The first-order valence-corrected chi connectivity index (χ1v) is 7.26. The van der Waals surface area contributed by atoms with E-state index >= 15 is 0 Å². The first kappa shape index (κ1) is 17.3. The number of nitrogens with one attached hydrogen (secondary N) is 1. The second kappa shape index (κ2) is 9.23. The van der Waals surface area contributed by atoms with Gasteiger partial charge in [0, 0.05) is 12.5 Å². The van der Waals surface area contributed by atoms with E-state index < -0.39 is 0 Å². The second-order valence-corrected chi connectivity index (χ2v) is 4.94. The van der Waals surface area contributed by atoms with Gasteiger partial charge in [-0.05, 0) is 31.2 Å². The van der Waals surface area contributed by atoms with E-state index in [1.165, 1.54) is 7.11 Å². The van der Waals surface area contributed by atoms with E-state index in [1.54, 1.807) is 0 Å². The predicted molar refractivity (Wildman–Crippen MR) is 81.8 cm³/mol. The average molecular weight is 295 g/mol. The van der Waals surface area contributed by atoms with Crippen LogP contribution in [0.5, 0.6) is 11.5 Å². The van der Waals surface area contributed by atoms with Crippen molar-refractivity contribution < 1.29 is 19.0 Å². The van der Waals surface area contributed by atoms with Gasteiger partial charge in [-0.1, -0.05) is 13.8 Å². The van der Waals surface area contributed by atoms with Crippen molar-refractivity contribution in [2.45, 2.75) is 39.3 Å². The maximum Gasteiger partial charge on any atom is 0.322 e. The van der Waals surface area contributed by atoms with Gasteiger partial charge in [-0.2, -0.15) is 0 Å². The summed E-state index contributed by atoms with van der Waals surface area (Å²) in [6.45, 7) is 7.00. The van der Waals surface area contributed by atoms with Crippen molar-refractivity contribution in [1.82, 2.24) is 5.32 Å². The van der Waals surface area contributed by atoms with E-state index in [4.69, 9.17) is 14.2 Å². The molecule has 1 aromatic carbocycles. The maximum atomic E-state index is 11.6. The number of carbonyl (C=O) groups excluding carboxylic acids is 1. The summed E-state index contributed by atoms with van der Waals surface area (Å²) in [5, 5.41) is 3.17. The first-order chi connectivity index (χ1) is 10.1. The summed E-state index contributed by atoms with van der Waals surface area (Å²) in [4.78, 5) is 11.6. The number of rotatable bonds is 9. The van der Waals surface area contributed by atoms with Crippen LogP contribution in [0.15, 0.2) is 24.3 Å². The lowest BCUT2D eigenvalue weighted by Crippen LogP contribution is -2.42. The summed E-state index contributed by atoms with van der Waals surface area (Å²) in [5.74, 6) is 1.31. The molecule has 5 nitrogen and oxygen atoms in total. The molecule has 0 aliphatic carbocycles. The highest BCUT2D eigenvalue weighted by atomic mass is 16.5. The van der Waals surface area contributed by atoms with E-state index in [-0.39, 0.29) is 18.1 Å². The summed E-state index contributed by atoms with van der Waals surface area (Å²) >= 11 is 0. The Morgan fingerprint density at radius 3 is 2.19 bits per heavy atom. The van der Waals surface area contributed by atoms with Crippen molar-refractivity contribution in [3.05, 3.63) is 24.3 Å². The molecule has 0 saturated heterocycles. The molecule has 0 fully saturated rings. The van der Waals surface area contributed by atoms with Crippen LogP contribution in [0.2, 0.25) is 0 Å². The minimum Gasteiger partial charge on any atom is -0.494 e. The Hall–Kier alpha value is -1.75. The van der Waals surface area contributed by atoms with Crippen molar-refractivity contribution >= 4 is 5.97 Å². The van der Waals surface area contributed by atoms with Crippen molar-refractivity contribution in [2.24, 2.45) is 0 Å². The molecular weight excluding hydrogens is 270 g/mol. The van der Waals surface area contributed by atoms with E-state index in [9.17, 15) is 4.79 Å². The lowest BCUT2D eigenvalue weighted by Gasteiger charge is -2.19. The fourth-order valence-corrected chi connectivity index (χ4v) is 1.91. The molecule has 0 bridgehead atoms. The highest BCUT2D eigenvalue weighted by molar-refractivity contribution is 5.75. The van der Waals surface area contributed by atoms with Gasteiger partial charge in [0.05, 0.1) is 20.3 Å². The predicted octanol–water partition coefficient (Wildman–Crippen LogP) is 2.39. The van der Waals surface area contributed by atoms with Crippen molar-refractivity contribution in [1.29, 1.82) is 0 Å². The summed E-state index contributed by atoms with van der Waals surface area (Å²) in [6.07, 6.45) is 0.554. The smallest absolute Gasteiger partial charge is 0.322 e. The van der Waals surface area contributed by atoms with Crippen LogP contribution in [0.3, 0.4) is 0 Å². The van der Waals surface area contributed by atoms with Gasteiger partial charge in [0.2, 0.25) is 0 Å². The number of carbonyl (C=O) groups is 1. The number of methoxy groups -OCH3 is 1. The zero-order valence-corrected chi connectivity index (χ0v) is 13.2. The molecule has 0 saturated carbocycles. The van der Waals surface area contributed by atoms with Crippen LogP contribution >= 0.6 is 0 Å². The third-order valence-electron chi connectivity index (χ3n) is 2.83. The van der Waals surface area contributed by atoms with Crippen LogP contribution < -0.4 is 14.8 Å². The summed E-state index contributed by atoms with van der Waals surface area (Å²) in [6, 6.07) is 7.30. The normalized spacial score (nSPS) is 12.0. The monoisotopic (exact) mass is 295 g/mol. The zero-order chi connectivity index (χ0) is 15.7. The minimum atomic E-state index is -0.349. The molecule has 1 aromatic rings. The molecule has 0 aliphatic rings. The minimum absolute atomic E-state index is 0.208. The van der Waals surface area contributed by atoms with Gasteiger partial charge < -0.3 is 19.5 Å². The van der Waals surface area contributed by atoms with Gasteiger partial charge in [-0.15, -0.1) is 0 Å². The number of hydrogen-bond acceptors (Lipinski definition) is 5. The van der Waals surface area contributed by atoms with Gasteiger partial charge in [-0.25, -0.2) is 0 Å². The number of ether oxygens (including phenoxy) is 3. The van der Waals surface area contributed by atoms with Crippen LogP contribution in [0, 0.1) is 0 Å². The average Bonchev–Trinajstić information content (AvgIpc) is 2.47. The Bertz CT molecular complexity index is 417. The number of benzene rings is 1. The van der Waals surface area contributed by atoms with Gasteiger partial charge in [0.1, 0.15) is 17.5 Å². The first-order valence-electron chi connectivity index (χ1n) is 7.26. The Labute approximate surface area is 126 Å². The van der Waals surface area contributed by atoms with Crippen molar-refractivity contribution in [3.8, 4) is 11.5 Å². The SMILES string of the molecule is CCOc1ccc(OCCC(NC(C)C)C(=O)OC)cc1. The van der Waals surface area contributed by atoms with Crippen LogP contribution in [0.25, 0.3) is 0 Å². The molecule has 0 heterocycles. The molecule has 0 aliphatic heterocycles. The van der Waals surface area contributed by atoms with Crippen LogP contribution in [0.4, 0.5) is 0 Å². The number of hydrogen-bond donors (Lipinski definition) is 1. The van der Waals surface area contributed by atoms with Gasteiger partial charge in [0.25, 0.3) is 0 Å². The molecule has 21 heavy (non-hydrogen) atoms. The molecule has 0 amide bonds. The van der Waals surface area contributed by atoms with Crippen molar-refractivity contribution in [3.63, 3.8) is 0 Å². The quantitative estimate of drug-likeness (QED) is 0.709. The lowest BCUT2D eigenvalue weighted by atomic mass is 10.2. The van der Waals surface area contributed by atoms with E-state index in [0.717, 1.165) is 11.5 Å². The Morgan fingerprint density at radius 1 is 1.14 bits per heavy atom. The van der Waals surface area contributed by atoms with E-state index in [2.05, 4.69) is 5.32 Å². The van der Waals surface area contributed by atoms with Gasteiger partial charge in [0.15, 0.2) is 0 Å². The topological polar surface area (TPSA) is 56.8 Å². The highest BCUT2D eigenvalue weighted by Gasteiger charge is 2.19. The van der Waals surface area contributed by atoms with Crippen LogP contribution in [0.1, 0.15) is 27.2 Å². The standard InChI is InChI=1S/C16H25NO4/c1-5-20-13-6-8-14(9-7-13)21-11-10-15(16(18)19-4)17-12(2)3/h6-9,12,15,17H,5,10-11H2,1-4H3. The molecule has 1 unspecified atom stereocenters. The van der Waals surface area contributed by atoms with Crippen LogP contribution in [-0.4, -0.2) is 38.4 Å². The molecule has 0 aromatic heterocycles. The van der Waals surface area contributed by atoms with Gasteiger partial charge in [-0.3, -0.25) is 4.79 Å². The van der Waals surface area contributed by atoms with Crippen molar-refractivity contribution in [2.75, 3.05) is 20.3 Å². The molecule has 1 N–H and O–H groups in total. The number of esters is 1. The summed E-state index contributed by atoms with van der Waals surface area (Å²) in [7, 11) is 1.39. The van der Waals surface area contributed by atoms with E-state index in [0.29, 0.717) is 19.6 Å². The Balaban J connectivity index is 2.43. The molecular formula is C16H25NO4.